The van der Waals surface area contributed by atoms with Gasteiger partial charge in [0.2, 0.25) is 0 Å². The van der Waals surface area contributed by atoms with Crippen molar-refractivity contribution in [1.82, 2.24) is 15.6 Å². The lowest BCUT2D eigenvalue weighted by molar-refractivity contribution is 0.624. The van der Waals surface area contributed by atoms with E-state index in [9.17, 15) is 4.39 Å². The van der Waals surface area contributed by atoms with E-state index in [2.05, 4.69) is 27.5 Å². The summed E-state index contributed by atoms with van der Waals surface area (Å²) in [6, 6.07) is 6.54. The molecule has 0 atom stereocenters. The molecule has 0 amide bonds. The number of hydrogen-bond donors (Lipinski definition) is 2. The summed E-state index contributed by atoms with van der Waals surface area (Å²) in [6.07, 6.45) is 3.84. The van der Waals surface area contributed by atoms with E-state index in [-0.39, 0.29) is 29.8 Å². The number of halogens is 2. The van der Waals surface area contributed by atoms with Gasteiger partial charge in [0.05, 0.1) is 5.01 Å². The normalized spacial score (nSPS) is 11.0. The van der Waals surface area contributed by atoms with E-state index in [0.29, 0.717) is 12.5 Å². The maximum Gasteiger partial charge on any atom is 0.191 e. The summed E-state index contributed by atoms with van der Waals surface area (Å²) in [5.74, 6) is 0.481. The molecule has 7 heteroatoms. The molecule has 2 rings (SSSR count). The molecular formula is C16H22FIN4S. The molecule has 0 unspecified atom stereocenters. The van der Waals surface area contributed by atoms with E-state index in [4.69, 9.17) is 0 Å². The van der Waals surface area contributed by atoms with Gasteiger partial charge in [-0.05, 0) is 24.1 Å². The molecule has 126 valence electrons. The van der Waals surface area contributed by atoms with Crippen LogP contribution in [0, 0.1) is 5.82 Å². The molecule has 0 spiro atoms. The highest BCUT2D eigenvalue weighted by Gasteiger charge is 2.02. The molecular weight excluding hydrogens is 426 g/mol. The minimum absolute atomic E-state index is 0. The summed E-state index contributed by atoms with van der Waals surface area (Å²) in [7, 11) is 1.72. The number of hydrogen-bond acceptors (Lipinski definition) is 3. The van der Waals surface area contributed by atoms with Gasteiger partial charge in [0, 0.05) is 37.6 Å². The van der Waals surface area contributed by atoms with Crippen LogP contribution in [0.5, 0.6) is 0 Å². The number of nitrogens with one attached hydrogen (secondary N) is 2. The zero-order chi connectivity index (χ0) is 15.8. The van der Waals surface area contributed by atoms with Gasteiger partial charge >= 0.3 is 0 Å². The predicted molar refractivity (Wildman–Crippen MR) is 105 cm³/mol. The number of aliphatic imine (C=N–C) groups is 1. The minimum Gasteiger partial charge on any atom is -0.356 e. The summed E-state index contributed by atoms with van der Waals surface area (Å²) in [5, 5.41) is 7.54. The van der Waals surface area contributed by atoms with E-state index < -0.39 is 0 Å². The maximum atomic E-state index is 13.1. The molecule has 0 radical (unpaired) electrons. The van der Waals surface area contributed by atoms with Gasteiger partial charge in [-0.3, -0.25) is 4.99 Å². The van der Waals surface area contributed by atoms with Gasteiger partial charge in [0.25, 0.3) is 0 Å². The van der Waals surface area contributed by atoms with Gasteiger partial charge in [0.15, 0.2) is 5.96 Å². The Morgan fingerprint density at radius 1 is 1.35 bits per heavy atom. The second-order valence-electron chi connectivity index (χ2n) is 4.81. The van der Waals surface area contributed by atoms with Gasteiger partial charge in [0.1, 0.15) is 5.82 Å². The van der Waals surface area contributed by atoms with Crippen molar-refractivity contribution in [2.75, 3.05) is 13.6 Å². The van der Waals surface area contributed by atoms with Crippen LogP contribution in [0.2, 0.25) is 0 Å². The molecule has 0 fully saturated rings. The molecule has 4 nitrogen and oxygen atoms in total. The average Bonchev–Trinajstić information content (AvgIpc) is 2.98. The molecule has 23 heavy (non-hydrogen) atoms. The molecule has 0 aliphatic heterocycles. The van der Waals surface area contributed by atoms with Crippen molar-refractivity contribution >= 4 is 41.3 Å². The molecule has 2 aromatic rings. The second kappa shape index (κ2) is 10.5. The first-order chi connectivity index (χ1) is 10.7. The molecule has 1 aromatic heterocycles. The number of aryl methyl sites for hydroxylation is 1. The predicted octanol–water partition coefficient (Wildman–Crippen LogP) is 3.37. The van der Waals surface area contributed by atoms with Crippen LogP contribution in [-0.2, 0) is 19.4 Å². The number of aromatic nitrogens is 1. The monoisotopic (exact) mass is 448 g/mol. The molecule has 0 saturated carbocycles. The highest BCUT2D eigenvalue weighted by atomic mass is 127. The molecule has 1 aromatic carbocycles. The first-order valence-electron chi connectivity index (χ1n) is 7.33. The lowest BCUT2D eigenvalue weighted by Gasteiger charge is -2.11. The minimum atomic E-state index is -0.224. The Kier molecular flexibility index (Phi) is 9.08. The number of benzene rings is 1. The molecule has 1 heterocycles. The topological polar surface area (TPSA) is 49.3 Å². The van der Waals surface area contributed by atoms with E-state index in [1.807, 2.05) is 12.3 Å². The van der Waals surface area contributed by atoms with Crippen molar-refractivity contribution in [2.24, 2.45) is 4.99 Å². The van der Waals surface area contributed by atoms with Crippen molar-refractivity contribution in [3.63, 3.8) is 0 Å². The lowest BCUT2D eigenvalue weighted by atomic mass is 10.2. The van der Waals surface area contributed by atoms with Crippen molar-refractivity contribution in [3.05, 3.63) is 51.7 Å². The highest BCUT2D eigenvalue weighted by molar-refractivity contribution is 14.0. The fraction of sp³-hybridized carbons (Fsp3) is 0.375. The molecule has 0 saturated heterocycles. The van der Waals surface area contributed by atoms with Gasteiger partial charge in [-0.25, -0.2) is 9.37 Å². The Hall–Kier alpha value is -1.22. The van der Waals surface area contributed by atoms with E-state index in [1.54, 1.807) is 24.5 Å². The largest absolute Gasteiger partial charge is 0.356 e. The maximum absolute atomic E-state index is 13.1. The van der Waals surface area contributed by atoms with Gasteiger partial charge in [-0.15, -0.1) is 35.3 Å². The van der Waals surface area contributed by atoms with Crippen LogP contribution in [0.25, 0.3) is 0 Å². The highest BCUT2D eigenvalue weighted by Crippen LogP contribution is 2.13. The average molecular weight is 448 g/mol. The fourth-order valence-electron chi connectivity index (χ4n) is 1.97. The lowest BCUT2D eigenvalue weighted by Crippen LogP contribution is -2.37. The SMILES string of the molecule is CCc1cnc(CCNC(=NC)NCc2cccc(F)c2)s1.I. The number of thiazole rings is 1. The van der Waals surface area contributed by atoms with Crippen LogP contribution in [0.15, 0.2) is 35.5 Å². The van der Waals surface area contributed by atoms with Crippen LogP contribution < -0.4 is 10.6 Å². The first-order valence-corrected chi connectivity index (χ1v) is 8.15. The molecule has 0 aliphatic carbocycles. The smallest absolute Gasteiger partial charge is 0.191 e. The summed E-state index contributed by atoms with van der Waals surface area (Å²) in [6.45, 7) is 3.43. The first kappa shape index (κ1) is 19.8. The van der Waals surface area contributed by atoms with Crippen molar-refractivity contribution in [2.45, 2.75) is 26.3 Å². The van der Waals surface area contributed by atoms with Gasteiger partial charge < -0.3 is 10.6 Å². The summed E-state index contributed by atoms with van der Waals surface area (Å²) in [4.78, 5) is 9.86. The van der Waals surface area contributed by atoms with Crippen LogP contribution in [0.4, 0.5) is 4.39 Å². The Bertz CT molecular complexity index is 630. The third-order valence-corrected chi connectivity index (χ3v) is 4.36. The molecule has 0 bridgehead atoms. The molecule has 0 aliphatic rings. The second-order valence-corrected chi connectivity index (χ2v) is 6.01. The van der Waals surface area contributed by atoms with Crippen molar-refractivity contribution in [1.29, 1.82) is 0 Å². The van der Waals surface area contributed by atoms with E-state index in [0.717, 1.165) is 30.0 Å². The van der Waals surface area contributed by atoms with Crippen LogP contribution in [-0.4, -0.2) is 24.5 Å². The van der Waals surface area contributed by atoms with E-state index >= 15 is 0 Å². The van der Waals surface area contributed by atoms with Gasteiger partial charge in [-0.1, -0.05) is 19.1 Å². The van der Waals surface area contributed by atoms with Crippen molar-refractivity contribution < 1.29 is 4.39 Å². The Morgan fingerprint density at radius 2 is 2.17 bits per heavy atom. The van der Waals surface area contributed by atoms with Gasteiger partial charge in [-0.2, -0.15) is 0 Å². The molecule has 2 N–H and O–H groups in total. The standard InChI is InChI=1S/C16H21FN4S.HI/c1-3-14-11-20-15(22-14)7-8-19-16(18-2)21-10-12-5-4-6-13(17)9-12;/h4-6,9,11H,3,7-8,10H2,1-2H3,(H2,18,19,21);1H. The summed E-state index contributed by atoms with van der Waals surface area (Å²) in [5.41, 5.74) is 0.885. The Morgan fingerprint density at radius 3 is 2.83 bits per heavy atom. The third-order valence-electron chi connectivity index (χ3n) is 3.15. The summed E-state index contributed by atoms with van der Waals surface area (Å²) < 4.78 is 13.1. The summed E-state index contributed by atoms with van der Waals surface area (Å²) >= 11 is 1.75. The number of rotatable bonds is 6. The van der Waals surface area contributed by atoms with Crippen molar-refractivity contribution in [3.8, 4) is 0 Å². The number of nitrogens with zero attached hydrogens (tertiary/aromatic N) is 2. The Labute approximate surface area is 157 Å². The zero-order valence-corrected chi connectivity index (χ0v) is 16.5. The fourth-order valence-corrected chi connectivity index (χ4v) is 2.83. The number of guanidine groups is 1. The van der Waals surface area contributed by atoms with Crippen LogP contribution in [0.1, 0.15) is 22.4 Å². The third kappa shape index (κ3) is 6.82. The van der Waals surface area contributed by atoms with Crippen LogP contribution >= 0.6 is 35.3 Å². The van der Waals surface area contributed by atoms with E-state index in [1.165, 1.54) is 17.0 Å². The Balaban J connectivity index is 0.00000264. The quantitative estimate of drug-likeness (QED) is 0.405. The van der Waals surface area contributed by atoms with Crippen LogP contribution in [0.3, 0.4) is 0 Å². The zero-order valence-electron chi connectivity index (χ0n) is 13.3.